The van der Waals surface area contributed by atoms with Crippen LogP contribution in [0, 0.1) is 0 Å². The highest BCUT2D eigenvalue weighted by Gasteiger charge is 2.44. The minimum Gasteiger partial charge on any atom is -0.494 e. The molecule has 4 heteroatoms. The molecule has 30 heavy (non-hydrogen) atoms. The van der Waals surface area contributed by atoms with Crippen molar-refractivity contribution in [1.29, 1.82) is 0 Å². The molecular formula is C26H48N2O2. The van der Waals surface area contributed by atoms with Crippen molar-refractivity contribution in [3.05, 3.63) is 11.6 Å². The monoisotopic (exact) mass is 420 g/mol. The first-order valence-electron chi connectivity index (χ1n) is 12.4. The van der Waals surface area contributed by atoms with E-state index in [-0.39, 0.29) is 23.0 Å². The van der Waals surface area contributed by atoms with E-state index in [0.717, 1.165) is 31.2 Å². The minimum atomic E-state index is 0.0116. The van der Waals surface area contributed by atoms with Gasteiger partial charge in [-0.2, -0.15) is 0 Å². The van der Waals surface area contributed by atoms with E-state index >= 15 is 0 Å². The summed E-state index contributed by atoms with van der Waals surface area (Å²) in [7, 11) is 2.19. The van der Waals surface area contributed by atoms with Crippen LogP contribution in [0.15, 0.2) is 6.07 Å². The highest BCUT2D eigenvalue weighted by atomic mass is 16.3. The van der Waals surface area contributed by atoms with Crippen molar-refractivity contribution in [2.75, 3.05) is 7.05 Å². The number of aromatic hydroxyl groups is 2. The van der Waals surface area contributed by atoms with Gasteiger partial charge in [0, 0.05) is 28.7 Å². The van der Waals surface area contributed by atoms with Gasteiger partial charge in [0.15, 0.2) is 11.8 Å². The summed E-state index contributed by atoms with van der Waals surface area (Å²) in [4.78, 5) is 2.43. The maximum atomic E-state index is 11.2. The summed E-state index contributed by atoms with van der Waals surface area (Å²) in [5.41, 5.74) is 0.963. The van der Waals surface area contributed by atoms with Gasteiger partial charge in [0.2, 0.25) is 0 Å². The number of rotatable bonds is 11. The minimum absolute atomic E-state index is 0.0116. The highest BCUT2D eigenvalue weighted by molar-refractivity contribution is 5.39. The Morgan fingerprint density at radius 2 is 1.47 bits per heavy atom. The topological polar surface area (TPSA) is 48.6 Å². The summed E-state index contributed by atoms with van der Waals surface area (Å²) in [5, 5.41) is 22.0. The lowest BCUT2D eigenvalue weighted by Gasteiger charge is -2.54. The summed E-state index contributed by atoms with van der Waals surface area (Å²) in [6.07, 6.45) is 13.0. The predicted molar refractivity (Wildman–Crippen MR) is 128 cm³/mol. The van der Waals surface area contributed by atoms with Crippen LogP contribution in [0.25, 0.3) is 0 Å². The molecule has 1 aromatic heterocycles. The standard InChI is InChI=1S/C26H48N2O2/c1-8-10-11-12-13-14-15-16-20(9-2)22-17-23(29)28(24(22)30)21-18-25(3,4)27(7)26(5,6)19-21/h17,20-21,29-30H,8-16,18-19H2,1-7H3. The van der Waals surface area contributed by atoms with Crippen molar-refractivity contribution in [3.8, 4) is 11.8 Å². The van der Waals surface area contributed by atoms with Crippen LogP contribution >= 0.6 is 0 Å². The largest absolute Gasteiger partial charge is 0.494 e. The molecule has 0 spiro atoms. The molecule has 1 aliphatic heterocycles. The zero-order valence-electron chi connectivity index (χ0n) is 20.8. The molecule has 0 aromatic carbocycles. The molecule has 1 saturated heterocycles. The van der Waals surface area contributed by atoms with Gasteiger partial charge in [0.05, 0.1) is 0 Å². The van der Waals surface area contributed by atoms with Crippen LogP contribution in [-0.4, -0.2) is 37.8 Å². The molecule has 0 aliphatic carbocycles. The summed E-state index contributed by atoms with van der Waals surface area (Å²) in [6, 6.07) is 1.94. The van der Waals surface area contributed by atoms with Gasteiger partial charge in [-0.1, -0.05) is 58.8 Å². The van der Waals surface area contributed by atoms with E-state index in [2.05, 4.69) is 53.5 Å². The van der Waals surface area contributed by atoms with Crippen LogP contribution in [-0.2, 0) is 0 Å². The highest BCUT2D eigenvalue weighted by Crippen LogP contribution is 2.47. The molecule has 1 fully saturated rings. The van der Waals surface area contributed by atoms with Crippen LogP contribution in [0.5, 0.6) is 11.8 Å². The molecule has 4 nitrogen and oxygen atoms in total. The lowest BCUT2D eigenvalue weighted by molar-refractivity contribution is -0.0282. The Morgan fingerprint density at radius 3 is 2.00 bits per heavy atom. The first kappa shape index (κ1) is 25.1. The van der Waals surface area contributed by atoms with Gasteiger partial charge < -0.3 is 10.2 Å². The van der Waals surface area contributed by atoms with Crippen LogP contribution < -0.4 is 0 Å². The van der Waals surface area contributed by atoms with Crippen molar-refractivity contribution in [2.45, 2.75) is 135 Å². The fourth-order valence-electron chi connectivity index (χ4n) is 5.61. The van der Waals surface area contributed by atoms with Crippen molar-refractivity contribution in [1.82, 2.24) is 9.47 Å². The number of hydrogen-bond acceptors (Lipinski definition) is 3. The van der Waals surface area contributed by atoms with Gasteiger partial charge >= 0.3 is 0 Å². The second kappa shape index (κ2) is 10.4. The molecule has 1 atom stereocenters. The first-order chi connectivity index (χ1) is 14.0. The van der Waals surface area contributed by atoms with Gasteiger partial charge in [-0.25, -0.2) is 0 Å². The molecule has 0 bridgehead atoms. The third-order valence-corrected chi connectivity index (χ3v) is 7.76. The Balaban J connectivity index is 2.08. The van der Waals surface area contributed by atoms with Crippen LogP contribution in [0.2, 0.25) is 0 Å². The number of nitrogens with zero attached hydrogens (tertiary/aromatic N) is 2. The molecule has 2 rings (SSSR count). The molecule has 0 amide bonds. The maximum Gasteiger partial charge on any atom is 0.197 e. The van der Waals surface area contributed by atoms with Crippen LogP contribution in [0.1, 0.15) is 130 Å². The molecule has 0 saturated carbocycles. The van der Waals surface area contributed by atoms with Gasteiger partial charge in [0.25, 0.3) is 0 Å². The third-order valence-electron chi connectivity index (χ3n) is 7.76. The number of unbranched alkanes of at least 4 members (excludes halogenated alkanes) is 6. The van der Waals surface area contributed by atoms with Gasteiger partial charge in [-0.15, -0.1) is 0 Å². The fraction of sp³-hybridized carbons (Fsp3) is 0.846. The van der Waals surface area contributed by atoms with Crippen molar-refractivity contribution >= 4 is 0 Å². The van der Waals surface area contributed by atoms with Crippen LogP contribution in [0.4, 0.5) is 0 Å². The molecule has 174 valence electrons. The Labute approximate surface area is 185 Å². The molecule has 1 aromatic rings. The van der Waals surface area contributed by atoms with E-state index in [4.69, 9.17) is 0 Å². The number of aromatic nitrogens is 1. The summed E-state index contributed by atoms with van der Waals surface area (Å²) in [5.74, 6) is 0.838. The molecule has 0 radical (unpaired) electrons. The lowest BCUT2D eigenvalue weighted by atomic mass is 9.77. The first-order valence-corrected chi connectivity index (χ1v) is 12.4. The molecule has 2 heterocycles. The summed E-state index contributed by atoms with van der Waals surface area (Å²) >= 11 is 0. The Kier molecular flexibility index (Phi) is 8.73. The molecule has 1 aliphatic rings. The van der Waals surface area contributed by atoms with E-state index in [9.17, 15) is 10.2 Å². The Hall–Kier alpha value is -1.16. The van der Waals surface area contributed by atoms with Crippen molar-refractivity contribution in [3.63, 3.8) is 0 Å². The van der Waals surface area contributed by atoms with Crippen molar-refractivity contribution < 1.29 is 10.2 Å². The van der Waals surface area contributed by atoms with Crippen molar-refractivity contribution in [2.24, 2.45) is 0 Å². The Morgan fingerprint density at radius 1 is 0.933 bits per heavy atom. The average Bonchev–Trinajstić information content (AvgIpc) is 2.95. The SMILES string of the molecule is CCCCCCCCCC(CC)c1cc(O)n(C2CC(C)(C)N(C)C(C)(C)C2)c1O. The quantitative estimate of drug-likeness (QED) is 0.368. The molecular weight excluding hydrogens is 372 g/mol. The zero-order chi connectivity index (χ0) is 22.5. The van der Waals surface area contributed by atoms with E-state index < -0.39 is 0 Å². The molecule has 2 N–H and O–H groups in total. The zero-order valence-corrected chi connectivity index (χ0v) is 20.8. The maximum absolute atomic E-state index is 11.2. The normalized spacial score (nSPS) is 20.5. The van der Waals surface area contributed by atoms with E-state index in [1.54, 1.807) is 0 Å². The van der Waals surface area contributed by atoms with Crippen LogP contribution in [0.3, 0.4) is 0 Å². The smallest absolute Gasteiger partial charge is 0.197 e. The van der Waals surface area contributed by atoms with Gasteiger partial charge in [-0.3, -0.25) is 9.47 Å². The summed E-state index contributed by atoms with van der Waals surface area (Å²) in [6.45, 7) is 13.5. The predicted octanol–water partition coefficient (Wildman–Crippen LogP) is 7.36. The van der Waals surface area contributed by atoms with E-state index in [1.165, 1.54) is 44.9 Å². The van der Waals surface area contributed by atoms with E-state index in [1.807, 2.05) is 10.6 Å². The fourth-order valence-corrected chi connectivity index (χ4v) is 5.61. The lowest BCUT2D eigenvalue weighted by Crippen LogP contribution is -2.58. The second-order valence-corrected chi connectivity index (χ2v) is 10.9. The Bertz CT molecular complexity index is 644. The third kappa shape index (κ3) is 5.75. The number of likely N-dealkylation sites (tertiary alicyclic amines) is 1. The number of piperidine rings is 1. The average molecular weight is 421 g/mol. The summed E-state index contributed by atoms with van der Waals surface area (Å²) < 4.78 is 1.82. The van der Waals surface area contributed by atoms with Gasteiger partial charge in [-0.05, 0) is 66.3 Å². The van der Waals surface area contributed by atoms with Gasteiger partial charge in [0.1, 0.15) is 0 Å². The number of hydrogen-bond donors (Lipinski definition) is 2. The van der Waals surface area contributed by atoms with E-state index in [0.29, 0.717) is 11.8 Å². The second-order valence-electron chi connectivity index (χ2n) is 10.9. The molecule has 1 unspecified atom stereocenters.